The highest BCUT2D eigenvalue weighted by Crippen LogP contribution is 2.16. The van der Waals surface area contributed by atoms with Crippen molar-refractivity contribution in [1.82, 2.24) is 5.32 Å². The fraction of sp³-hybridized carbons (Fsp3) is 0.312. The molecule has 5 heteroatoms. The second-order valence-electron chi connectivity index (χ2n) is 4.92. The van der Waals surface area contributed by atoms with Gasteiger partial charge in [0.25, 0.3) is 0 Å². The van der Waals surface area contributed by atoms with Gasteiger partial charge in [0.2, 0.25) is 5.91 Å². The molecule has 0 aliphatic rings. The van der Waals surface area contributed by atoms with E-state index in [9.17, 15) is 9.90 Å². The summed E-state index contributed by atoms with van der Waals surface area (Å²) >= 11 is 1.71. The number of aromatic hydroxyl groups is 1. The van der Waals surface area contributed by atoms with Crippen molar-refractivity contribution in [1.29, 1.82) is 0 Å². The molecular weight excluding hydrogens is 284 g/mol. The minimum atomic E-state index is -0.583. The molecule has 0 spiro atoms. The largest absolute Gasteiger partial charge is 0.508 e. The molecule has 1 heterocycles. The van der Waals surface area contributed by atoms with E-state index in [0.717, 1.165) is 16.9 Å². The summed E-state index contributed by atoms with van der Waals surface area (Å²) in [6.07, 6.45) is 1.47. The molecule has 21 heavy (non-hydrogen) atoms. The minimum absolute atomic E-state index is 0.158. The third kappa shape index (κ3) is 4.58. The maximum absolute atomic E-state index is 12.0. The second-order valence-corrected chi connectivity index (χ2v) is 6.17. The predicted molar refractivity (Wildman–Crippen MR) is 85.3 cm³/mol. The van der Waals surface area contributed by atoms with Crippen LogP contribution in [0.25, 0.3) is 0 Å². The first kappa shape index (κ1) is 15.5. The number of carbonyl (C=O) groups is 1. The van der Waals surface area contributed by atoms with Crippen molar-refractivity contribution in [2.75, 3.05) is 0 Å². The van der Waals surface area contributed by atoms with Crippen LogP contribution in [0.1, 0.15) is 22.2 Å². The number of nitrogens with one attached hydrogen (secondary N) is 1. The van der Waals surface area contributed by atoms with Gasteiger partial charge in [-0.3, -0.25) is 4.79 Å². The molecule has 2 rings (SSSR count). The maximum Gasteiger partial charge on any atom is 0.237 e. The Morgan fingerprint density at radius 3 is 2.52 bits per heavy atom. The van der Waals surface area contributed by atoms with Crippen LogP contribution in [0.5, 0.6) is 5.75 Å². The molecule has 2 aromatic rings. The van der Waals surface area contributed by atoms with Gasteiger partial charge in [-0.1, -0.05) is 19.1 Å². The van der Waals surface area contributed by atoms with Gasteiger partial charge in [0.1, 0.15) is 5.75 Å². The first-order valence-electron chi connectivity index (χ1n) is 6.97. The molecule has 1 aromatic carbocycles. The van der Waals surface area contributed by atoms with Crippen LogP contribution in [0.15, 0.2) is 36.4 Å². The number of hydrogen-bond donors (Lipinski definition) is 3. The van der Waals surface area contributed by atoms with Gasteiger partial charge in [-0.2, -0.15) is 0 Å². The SMILES string of the molecule is CCc1ccc(CNC(=O)C(N)Cc2ccc(O)cc2)s1. The quantitative estimate of drug-likeness (QED) is 0.766. The van der Waals surface area contributed by atoms with Crippen LogP contribution in [-0.2, 0) is 24.2 Å². The Balaban J connectivity index is 1.83. The molecule has 0 bridgehead atoms. The lowest BCUT2D eigenvalue weighted by molar-refractivity contribution is -0.122. The lowest BCUT2D eigenvalue weighted by Crippen LogP contribution is -2.41. The third-order valence-electron chi connectivity index (χ3n) is 3.23. The van der Waals surface area contributed by atoms with Gasteiger partial charge < -0.3 is 16.2 Å². The summed E-state index contributed by atoms with van der Waals surface area (Å²) < 4.78 is 0. The van der Waals surface area contributed by atoms with Crippen molar-refractivity contribution >= 4 is 17.2 Å². The molecule has 0 saturated carbocycles. The highest BCUT2D eigenvalue weighted by atomic mass is 32.1. The van der Waals surface area contributed by atoms with Crippen LogP contribution in [-0.4, -0.2) is 17.1 Å². The lowest BCUT2D eigenvalue weighted by Gasteiger charge is -2.12. The van der Waals surface area contributed by atoms with Crippen molar-refractivity contribution in [2.24, 2.45) is 5.73 Å². The van der Waals surface area contributed by atoms with Crippen molar-refractivity contribution in [2.45, 2.75) is 32.4 Å². The fourth-order valence-electron chi connectivity index (χ4n) is 1.99. The first-order valence-corrected chi connectivity index (χ1v) is 7.79. The van der Waals surface area contributed by atoms with Gasteiger partial charge in [0.15, 0.2) is 0 Å². The molecule has 4 N–H and O–H groups in total. The zero-order valence-corrected chi connectivity index (χ0v) is 12.8. The fourth-order valence-corrected chi connectivity index (χ4v) is 2.89. The Labute approximate surface area is 128 Å². The number of thiophene rings is 1. The minimum Gasteiger partial charge on any atom is -0.508 e. The van der Waals surface area contributed by atoms with E-state index in [4.69, 9.17) is 5.73 Å². The number of carbonyl (C=O) groups excluding carboxylic acids is 1. The molecule has 0 fully saturated rings. The van der Waals surface area contributed by atoms with Crippen LogP contribution in [0.2, 0.25) is 0 Å². The zero-order chi connectivity index (χ0) is 15.2. The molecule has 4 nitrogen and oxygen atoms in total. The Hall–Kier alpha value is -1.85. The van der Waals surface area contributed by atoms with E-state index < -0.39 is 6.04 Å². The summed E-state index contributed by atoms with van der Waals surface area (Å²) in [5.41, 5.74) is 6.84. The van der Waals surface area contributed by atoms with Crippen molar-refractivity contribution in [3.8, 4) is 5.75 Å². The summed E-state index contributed by atoms with van der Waals surface area (Å²) in [6.45, 7) is 2.63. The first-order chi connectivity index (χ1) is 10.1. The van der Waals surface area contributed by atoms with E-state index >= 15 is 0 Å². The Morgan fingerprint density at radius 1 is 1.24 bits per heavy atom. The van der Waals surface area contributed by atoms with Crippen LogP contribution in [0, 0.1) is 0 Å². The van der Waals surface area contributed by atoms with Gasteiger partial charge in [0, 0.05) is 9.75 Å². The second kappa shape index (κ2) is 7.24. The van der Waals surface area contributed by atoms with Crippen LogP contribution >= 0.6 is 11.3 Å². The smallest absolute Gasteiger partial charge is 0.237 e. The van der Waals surface area contributed by atoms with Gasteiger partial charge in [0.05, 0.1) is 12.6 Å². The molecule has 0 radical (unpaired) electrons. The molecule has 1 amide bonds. The van der Waals surface area contributed by atoms with Gasteiger partial charge in [-0.05, 0) is 42.7 Å². The highest BCUT2D eigenvalue weighted by Gasteiger charge is 2.14. The number of nitrogens with two attached hydrogens (primary N) is 1. The average Bonchev–Trinajstić information content (AvgIpc) is 2.95. The Morgan fingerprint density at radius 2 is 1.90 bits per heavy atom. The monoisotopic (exact) mass is 304 g/mol. The van der Waals surface area contributed by atoms with Crippen molar-refractivity contribution < 1.29 is 9.90 Å². The summed E-state index contributed by atoms with van der Waals surface area (Å²) in [6, 6.07) is 10.3. The number of aryl methyl sites for hydroxylation is 1. The van der Waals surface area contributed by atoms with E-state index in [2.05, 4.69) is 18.3 Å². The number of hydrogen-bond acceptors (Lipinski definition) is 4. The topological polar surface area (TPSA) is 75.4 Å². The summed E-state index contributed by atoms with van der Waals surface area (Å²) in [5, 5.41) is 12.1. The molecule has 1 aromatic heterocycles. The molecule has 1 unspecified atom stereocenters. The molecule has 0 aliphatic heterocycles. The Kier molecular flexibility index (Phi) is 5.36. The normalized spacial score (nSPS) is 12.1. The number of amides is 1. The van der Waals surface area contributed by atoms with E-state index in [1.807, 2.05) is 6.07 Å². The van der Waals surface area contributed by atoms with Crippen molar-refractivity contribution in [3.05, 3.63) is 51.7 Å². The summed E-state index contributed by atoms with van der Waals surface area (Å²) in [5.74, 6) is 0.0516. The maximum atomic E-state index is 12.0. The molecule has 0 aliphatic carbocycles. The van der Waals surface area contributed by atoms with E-state index in [1.165, 1.54) is 4.88 Å². The molecule has 0 saturated heterocycles. The number of rotatable bonds is 6. The zero-order valence-electron chi connectivity index (χ0n) is 12.0. The van der Waals surface area contributed by atoms with Crippen LogP contribution in [0.3, 0.4) is 0 Å². The molecule has 112 valence electrons. The van der Waals surface area contributed by atoms with Crippen molar-refractivity contribution in [3.63, 3.8) is 0 Å². The summed E-state index contributed by atoms with van der Waals surface area (Å²) in [7, 11) is 0. The predicted octanol–water partition coefficient (Wildman–Crippen LogP) is 2.20. The number of benzene rings is 1. The Bertz CT molecular complexity index is 593. The van der Waals surface area contributed by atoms with Crippen LogP contribution in [0.4, 0.5) is 0 Å². The summed E-state index contributed by atoms with van der Waals surface area (Å²) in [4.78, 5) is 14.4. The number of phenolic OH excluding ortho intramolecular Hbond substituents is 1. The van der Waals surface area contributed by atoms with E-state index in [0.29, 0.717) is 13.0 Å². The standard InChI is InChI=1S/C16H20N2O2S/c1-2-13-7-8-14(21-13)10-18-16(20)15(17)9-11-3-5-12(19)6-4-11/h3-8,15,19H,2,9-10,17H2,1H3,(H,18,20). The molecule has 1 atom stereocenters. The lowest BCUT2D eigenvalue weighted by atomic mass is 10.1. The average molecular weight is 304 g/mol. The highest BCUT2D eigenvalue weighted by molar-refractivity contribution is 7.11. The molecular formula is C16H20N2O2S. The van der Waals surface area contributed by atoms with E-state index in [1.54, 1.807) is 35.6 Å². The van der Waals surface area contributed by atoms with E-state index in [-0.39, 0.29) is 11.7 Å². The van der Waals surface area contributed by atoms with Gasteiger partial charge >= 0.3 is 0 Å². The number of phenols is 1. The van der Waals surface area contributed by atoms with Crippen LogP contribution < -0.4 is 11.1 Å². The van der Waals surface area contributed by atoms with Gasteiger partial charge in [-0.25, -0.2) is 0 Å². The third-order valence-corrected chi connectivity index (χ3v) is 4.46. The van der Waals surface area contributed by atoms with Gasteiger partial charge in [-0.15, -0.1) is 11.3 Å².